The van der Waals surface area contributed by atoms with Gasteiger partial charge in [0, 0.05) is 27.6 Å². The Morgan fingerprint density at radius 2 is 1.34 bits per heavy atom. The topological polar surface area (TPSA) is 48.7 Å². The van der Waals surface area contributed by atoms with Gasteiger partial charge in [0.1, 0.15) is 0 Å². The third kappa shape index (κ3) is 4.00. The number of nitrogens with zero attached hydrogens (tertiary/aromatic N) is 2. The van der Waals surface area contributed by atoms with Crippen LogP contribution in [0.5, 0.6) is 0 Å². The summed E-state index contributed by atoms with van der Waals surface area (Å²) in [5.74, 6) is 0. The second kappa shape index (κ2) is 10.2. The lowest BCUT2D eigenvalue weighted by atomic mass is 9.77. The standard InChI is InChI=1S/C41H29N3/c1-25-36-32-20-18-27(24-42)22-34(32)43-40(29-14-8-4-9-15-29)38(36)26(2)37-33-21-19-31(28-12-6-3-7-13-28)23-35(33)44-41(39(25)37)30-16-10-5-11-17-30/h3-23,41,44H,1-2H3. The number of rotatable bonds is 3. The van der Waals surface area contributed by atoms with Gasteiger partial charge in [0.25, 0.3) is 0 Å². The molecule has 0 radical (unpaired) electrons. The van der Waals surface area contributed by atoms with Crippen molar-refractivity contribution in [1.82, 2.24) is 4.98 Å². The van der Waals surface area contributed by atoms with Crippen molar-refractivity contribution in [2.24, 2.45) is 0 Å². The van der Waals surface area contributed by atoms with Crippen LogP contribution < -0.4 is 5.32 Å². The van der Waals surface area contributed by atoms with Gasteiger partial charge in [0.05, 0.1) is 28.9 Å². The molecule has 3 heteroatoms. The van der Waals surface area contributed by atoms with Gasteiger partial charge in [0.2, 0.25) is 0 Å². The van der Waals surface area contributed by atoms with Crippen LogP contribution in [0.4, 0.5) is 5.69 Å². The molecular formula is C41H29N3. The van der Waals surface area contributed by atoms with E-state index in [1.54, 1.807) is 0 Å². The first-order valence-corrected chi connectivity index (χ1v) is 15.0. The molecule has 2 heterocycles. The maximum absolute atomic E-state index is 9.71. The van der Waals surface area contributed by atoms with E-state index in [-0.39, 0.29) is 6.04 Å². The zero-order chi connectivity index (χ0) is 29.8. The van der Waals surface area contributed by atoms with Gasteiger partial charge in [-0.25, -0.2) is 4.98 Å². The van der Waals surface area contributed by atoms with Crippen LogP contribution in [0.15, 0.2) is 127 Å². The molecule has 208 valence electrons. The van der Waals surface area contributed by atoms with Gasteiger partial charge in [-0.3, -0.25) is 0 Å². The van der Waals surface area contributed by atoms with Crippen LogP contribution in [0.25, 0.3) is 55.2 Å². The Hall–Kier alpha value is -5.72. The molecule has 1 aliphatic heterocycles. The van der Waals surface area contributed by atoms with E-state index in [1.807, 2.05) is 18.2 Å². The summed E-state index contributed by atoms with van der Waals surface area (Å²) < 4.78 is 0. The molecule has 0 saturated carbocycles. The molecule has 0 amide bonds. The number of fused-ring (bicyclic) bond motifs is 6. The molecule has 3 nitrogen and oxygen atoms in total. The molecule has 1 atom stereocenters. The molecule has 1 N–H and O–H groups in total. The molecule has 1 unspecified atom stereocenters. The summed E-state index contributed by atoms with van der Waals surface area (Å²) in [5.41, 5.74) is 14.4. The van der Waals surface area contributed by atoms with E-state index in [1.165, 1.54) is 49.9 Å². The summed E-state index contributed by atoms with van der Waals surface area (Å²) in [4.78, 5) is 5.25. The average molecular weight is 564 g/mol. The van der Waals surface area contributed by atoms with E-state index >= 15 is 0 Å². The molecule has 0 saturated heterocycles. The fraction of sp³-hybridized carbons (Fsp3) is 0.0732. The number of hydrogen-bond acceptors (Lipinski definition) is 3. The summed E-state index contributed by atoms with van der Waals surface area (Å²) in [7, 11) is 0. The van der Waals surface area contributed by atoms with Gasteiger partial charge in [-0.1, -0.05) is 109 Å². The van der Waals surface area contributed by atoms with E-state index in [0.717, 1.165) is 33.2 Å². The average Bonchev–Trinajstić information content (AvgIpc) is 3.09. The molecule has 44 heavy (non-hydrogen) atoms. The fourth-order valence-corrected chi connectivity index (χ4v) is 7.07. The van der Waals surface area contributed by atoms with E-state index in [4.69, 9.17) is 4.98 Å². The molecule has 1 aromatic heterocycles. The highest BCUT2D eigenvalue weighted by Gasteiger charge is 2.32. The van der Waals surface area contributed by atoms with Crippen LogP contribution in [-0.4, -0.2) is 4.98 Å². The zero-order valence-electron chi connectivity index (χ0n) is 24.6. The minimum Gasteiger partial charge on any atom is -0.374 e. The molecule has 1 aliphatic rings. The largest absolute Gasteiger partial charge is 0.374 e. The zero-order valence-corrected chi connectivity index (χ0v) is 24.6. The Bertz CT molecular complexity index is 2260. The van der Waals surface area contributed by atoms with Gasteiger partial charge < -0.3 is 5.32 Å². The highest BCUT2D eigenvalue weighted by molar-refractivity contribution is 6.16. The van der Waals surface area contributed by atoms with Gasteiger partial charge in [-0.05, 0) is 76.4 Å². The van der Waals surface area contributed by atoms with Crippen LogP contribution >= 0.6 is 0 Å². The minimum absolute atomic E-state index is 0.0328. The van der Waals surface area contributed by atoms with Crippen molar-refractivity contribution in [3.05, 3.63) is 155 Å². The molecule has 8 rings (SSSR count). The Balaban J connectivity index is 1.52. The second-order valence-corrected chi connectivity index (χ2v) is 11.6. The van der Waals surface area contributed by atoms with Crippen molar-refractivity contribution in [3.8, 4) is 39.6 Å². The van der Waals surface area contributed by atoms with E-state index in [0.29, 0.717) is 5.56 Å². The number of pyridine rings is 1. The van der Waals surface area contributed by atoms with Crippen LogP contribution in [-0.2, 0) is 0 Å². The normalized spacial score (nSPS) is 13.6. The van der Waals surface area contributed by atoms with E-state index in [2.05, 4.69) is 134 Å². The Morgan fingerprint density at radius 1 is 0.659 bits per heavy atom. The lowest BCUT2D eigenvalue weighted by Gasteiger charge is -2.34. The van der Waals surface area contributed by atoms with Crippen LogP contribution in [0.2, 0.25) is 0 Å². The fourth-order valence-electron chi connectivity index (χ4n) is 7.07. The lowest BCUT2D eigenvalue weighted by molar-refractivity contribution is 0.919. The van der Waals surface area contributed by atoms with Gasteiger partial charge in [-0.15, -0.1) is 0 Å². The number of aryl methyl sites for hydroxylation is 2. The van der Waals surface area contributed by atoms with Gasteiger partial charge in [-0.2, -0.15) is 5.26 Å². The van der Waals surface area contributed by atoms with Crippen LogP contribution in [0.3, 0.4) is 0 Å². The number of anilines is 1. The number of benzene rings is 6. The van der Waals surface area contributed by atoms with Crippen molar-refractivity contribution in [3.63, 3.8) is 0 Å². The Morgan fingerprint density at radius 3 is 2.05 bits per heavy atom. The predicted octanol–water partition coefficient (Wildman–Crippen LogP) is 10.4. The number of nitrogens with one attached hydrogen (secondary N) is 1. The summed E-state index contributed by atoms with van der Waals surface area (Å²) in [6.45, 7) is 4.51. The van der Waals surface area contributed by atoms with Crippen LogP contribution in [0.1, 0.15) is 33.9 Å². The number of nitriles is 1. The SMILES string of the molecule is Cc1c2c(c(C)c3c1c(-c1ccccc1)nc1cc(C#N)ccc13)C(c1ccccc1)Nc1cc(-c3ccccc3)ccc1-2. The Labute approximate surface area is 257 Å². The van der Waals surface area contributed by atoms with Crippen molar-refractivity contribution < 1.29 is 0 Å². The molecule has 0 bridgehead atoms. The van der Waals surface area contributed by atoms with Crippen molar-refractivity contribution in [2.75, 3.05) is 5.32 Å². The third-order valence-corrected chi connectivity index (χ3v) is 9.08. The predicted molar refractivity (Wildman–Crippen MR) is 182 cm³/mol. The third-order valence-electron chi connectivity index (χ3n) is 9.08. The quantitative estimate of drug-likeness (QED) is 0.218. The first kappa shape index (κ1) is 25.9. The number of hydrogen-bond donors (Lipinski definition) is 1. The summed E-state index contributed by atoms with van der Waals surface area (Å²) in [6, 6.07) is 46.7. The van der Waals surface area contributed by atoms with Crippen molar-refractivity contribution in [2.45, 2.75) is 19.9 Å². The summed E-state index contributed by atoms with van der Waals surface area (Å²) in [6.07, 6.45) is 0. The van der Waals surface area contributed by atoms with Gasteiger partial charge >= 0.3 is 0 Å². The molecule has 0 spiro atoms. The maximum atomic E-state index is 9.71. The van der Waals surface area contributed by atoms with Gasteiger partial charge in [0.15, 0.2) is 0 Å². The summed E-state index contributed by atoms with van der Waals surface area (Å²) >= 11 is 0. The van der Waals surface area contributed by atoms with Crippen molar-refractivity contribution in [1.29, 1.82) is 5.26 Å². The van der Waals surface area contributed by atoms with Crippen molar-refractivity contribution >= 4 is 27.4 Å². The molecule has 0 fully saturated rings. The first-order chi connectivity index (χ1) is 21.6. The maximum Gasteiger partial charge on any atom is 0.0992 e. The summed E-state index contributed by atoms with van der Waals surface area (Å²) in [5, 5.41) is 17.1. The smallest absolute Gasteiger partial charge is 0.0992 e. The molecule has 7 aromatic rings. The second-order valence-electron chi connectivity index (χ2n) is 11.6. The minimum atomic E-state index is -0.0328. The van der Waals surface area contributed by atoms with E-state index in [9.17, 15) is 5.26 Å². The van der Waals surface area contributed by atoms with E-state index < -0.39 is 0 Å². The Kier molecular flexibility index (Phi) is 6.03. The molecule has 0 aliphatic carbocycles. The lowest BCUT2D eigenvalue weighted by Crippen LogP contribution is -2.20. The highest BCUT2D eigenvalue weighted by atomic mass is 14.9. The first-order valence-electron chi connectivity index (χ1n) is 15.0. The highest BCUT2D eigenvalue weighted by Crippen LogP contribution is 2.51. The number of aromatic nitrogens is 1. The van der Waals surface area contributed by atoms with Crippen LogP contribution in [0, 0.1) is 25.2 Å². The molecule has 6 aromatic carbocycles. The molecular weight excluding hydrogens is 534 g/mol. The monoisotopic (exact) mass is 563 g/mol.